The number of hydrogen-bond acceptors (Lipinski definition) is 6. The van der Waals surface area contributed by atoms with Crippen molar-refractivity contribution in [1.82, 2.24) is 4.98 Å². The summed E-state index contributed by atoms with van der Waals surface area (Å²) >= 11 is 0. The number of nitrogens with zero attached hydrogens (tertiary/aromatic N) is 2. The van der Waals surface area contributed by atoms with Crippen LogP contribution in [0.3, 0.4) is 0 Å². The largest absolute Gasteiger partial charge is 0.508 e. The molecule has 1 aromatic heterocycles. The Hall–Kier alpha value is -2.83. The van der Waals surface area contributed by atoms with E-state index in [1.165, 1.54) is 25.3 Å². The third kappa shape index (κ3) is 2.94. The molecule has 2 rings (SSSR count). The van der Waals surface area contributed by atoms with E-state index in [0.29, 0.717) is 0 Å². The fourth-order valence-electron chi connectivity index (χ4n) is 1.64. The number of nitro groups is 1. The second kappa shape index (κ2) is 5.43. The lowest BCUT2D eigenvalue weighted by Gasteiger charge is -2.08. The average molecular weight is 276 g/mol. The maximum absolute atomic E-state index is 10.9. The van der Waals surface area contributed by atoms with Gasteiger partial charge < -0.3 is 14.6 Å². The van der Waals surface area contributed by atoms with E-state index < -0.39 is 4.92 Å². The highest BCUT2D eigenvalue weighted by Gasteiger charge is 2.19. The number of aryl methyl sites for hydroxylation is 1. The molecule has 20 heavy (non-hydrogen) atoms. The summed E-state index contributed by atoms with van der Waals surface area (Å²) in [6, 6.07) is 7.14. The highest BCUT2D eigenvalue weighted by atomic mass is 16.6. The third-order valence-corrected chi connectivity index (χ3v) is 2.47. The minimum absolute atomic E-state index is 0.00514. The first-order valence-corrected chi connectivity index (χ1v) is 5.67. The normalized spacial score (nSPS) is 10.1. The van der Waals surface area contributed by atoms with Crippen molar-refractivity contribution in [3.63, 3.8) is 0 Å². The van der Waals surface area contributed by atoms with Crippen LogP contribution < -0.4 is 9.47 Å². The molecule has 1 aromatic carbocycles. The van der Waals surface area contributed by atoms with Gasteiger partial charge in [-0.05, 0) is 24.6 Å². The average Bonchev–Trinajstić information content (AvgIpc) is 2.37. The summed E-state index contributed by atoms with van der Waals surface area (Å²) < 4.78 is 10.3. The quantitative estimate of drug-likeness (QED) is 0.681. The molecule has 7 nitrogen and oxygen atoms in total. The number of rotatable bonds is 4. The molecule has 0 unspecified atom stereocenters. The Labute approximate surface area is 114 Å². The summed E-state index contributed by atoms with van der Waals surface area (Å²) in [5, 5.41) is 20.4. The third-order valence-electron chi connectivity index (χ3n) is 2.47. The van der Waals surface area contributed by atoms with Crippen molar-refractivity contribution >= 4 is 5.69 Å². The van der Waals surface area contributed by atoms with E-state index in [-0.39, 0.29) is 28.9 Å². The van der Waals surface area contributed by atoms with Crippen molar-refractivity contribution in [3.8, 4) is 23.3 Å². The number of aromatic nitrogens is 1. The maximum atomic E-state index is 10.9. The first-order valence-electron chi connectivity index (χ1n) is 5.67. The fraction of sp³-hybridized carbons (Fsp3) is 0.154. The molecule has 0 saturated heterocycles. The SMILES string of the molecule is COc1ccc([N+](=O)[O-])c(Oc2cc(C)cc(O)c2)n1. The van der Waals surface area contributed by atoms with Crippen LogP contribution in [0.5, 0.6) is 23.3 Å². The summed E-state index contributed by atoms with van der Waals surface area (Å²) in [4.78, 5) is 14.2. The molecule has 2 aromatic rings. The Morgan fingerprint density at radius 3 is 2.65 bits per heavy atom. The maximum Gasteiger partial charge on any atom is 0.331 e. The number of phenolic OH excluding ortho intramolecular Hbond substituents is 1. The summed E-state index contributed by atoms with van der Waals surface area (Å²) in [5.74, 6) is 0.263. The van der Waals surface area contributed by atoms with E-state index in [1.54, 1.807) is 19.1 Å². The van der Waals surface area contributed by atoms with E-state index >= 15 is 0 Å². The van der Waals surface area contributed by atoms with Gasteiger partial charge in [0.1, 0.15) is 11.5 Å². The van der Waals surface area contributed by atoms with Crippen LogP contribution in [0.4, 0.5) is 5.69 Å². The van der Waals surface area contributed by atoms with Gasteiger partial charge >= 0.3 is 11.6 Å². The van der Waals surface area contributed by atoms with Crippen molar-refractivity contribution in [2.24, 2.45) is 0 Å². The Morgan fingerprint density at radius 2 is 2.05 bits per heavy atom. The van der Waals surface area contributed by atoms with Gasteiger partial charge in [-0.2, -0.15) is 4.98 Å². The number of phenols is 1. The molecule has 104 valence electrons. The molecule has 0 saturated carbocycles. The van der Waals surface area contributed by atoms with Crippen LogP contribution in [0.25, 0.3) is 0 Å². The Morgan fingerprint density at radius 1 is 1.30 bits per heavy atom. The van der Waals surface area contributed by atoms with Crippen molar-refractivity contribution in [1.29, 1.82) is 0 Å². The lowest BCUT2D eigenvalue weighted by atomic mass is 10.2. The number of methoxy groups -OCH3 is 1. The first kappa shape index (κ1) is 13.6. The minimum Gasteiger partial charge on any atom is -0.508 e. The molecule has 0 atom stereocenters. The molecule has 0 fully saturated rings. The van der Waals surface area contributed by atoms with Gasteiger partial charge in [0.25, 0.3) is 0 Å². The number of aromatic hydroxyl groups is 1. The van der Waals surface area contributed by atoms with Crippen LogP contribution >= 0.6 is 0 Å². The van der Waals surface area contributed by atoms with Crippen LogP contribution in [0, 0.1) is 17.0 Å². The molecule has 1 N–H and O–H groups in total. The predicted octanol–water partition coefficient (Wildman–Crippen LogP) is 2.80. The monoisotopic (exact) mass is 276 g/mol. The second-order valence-corrected chi connectivity index (χ2v) is 4.04. The summed E-state index contributed by atoms with van der Waals surface area (Å²) in [6.07, 6.45) is 0. The zero-order chi connectivity index (χ0) is 14.7. The topological polar surface area (TPSA) is 94.7 Å². The Balaban J connectivity index is 2.42. The Kier molecular flexibility index (Phi) is 3.69. The molecule has 0 aliphatic rings. The standard InChI is InChI=1S/C13H12N2O5/c1-8-5-9(16)7-10(6-8)20-13-11(15(17)18)3-4-12(14-13)19-2/h3-7,16H,1-2H3. The molecule has 0 amide bonds. The van der Waals surface area contributed by atoms with Gasteiger partial charge in [0.15, 0.2) is 0 Å². The van der Waals surface area contributed by atoms with Crippen LogP contribution in [-0.2, 0) is 0 Å². The van der Waals surface area contributed by atoms with Gasteiger partial charge in [0.2, 0.25) is 5.88 Å². The van der Waals surface area contributed by atoms with E-state index in [2.05, 4.69) is 4.98 Å². The van der Waals surface area contributed by atoms with Crippen molar-refractivity contribution < 1.29 is 19.5 Å². The number of ether oxygens (including phenoxy) is 2. The van der Waals surface area contributed by atoms with Gasteiger partial charge in [-0.25, -0.2) is 0 Å². The highest BCUT2D eigenvalue weighted by molar-refractivity contribution is 5.46. The lowest BCUT2D eigenvalue weighted by Crippen LogP contribution is -1.98. The van der Waals surface area contributed by atoms with E-state index in [9.17, 15) is 15.2 Å². The Bertz CT molecular complexity index is 637. The second-order valence-electron chi connectivity index (χ2n) is 4.04. The predicted molar refractivity (Wildman–Crippen MR) is 70.4 cm³/mol. The molecular weight excluding hydrogens is 264 g/mol. The van der Waals surface area contributed by atoms with Gasteiger partial charge in [-0.15, -0.1) is 0 Å². The molecule has 1 heterocycles. The van der Waals surface area contributed by atoms with E-state index in [0.717, 1.165) is 5.56 Å². The van der Waals surface area contributed by atoms with Gasteiger partial charge in [-0.1, -0.05) is 0 Å². The van der Waals surface area contributed by atoms with Gasteiger partial charge in [-0.3, -0.25) is 10.1 Å². The molecule has 7 heteroatoms. The summed E-state index contributed by atoms with van der Waals surface area (Å²) in [7, 11) is 1.40. The smallest absolute Gasteiger partial charge is 0.331 e. The van der Waals surface area contributed by atoms with Gasteiger partial charge in [0.05, 0.1) is 12.0 Å². The van der Waals surface area contributed by atoms with Crippen LogP contribution in [0.1, 0.15) is 5.56 Å². The summed E-state index contributed by atoms with van der Waals surface area (Å²) in [6.45, 7) is 1.76. The minimum atomic E-state index is -0.600. The van der Waals surface area contributed by atoms with Crippen LogP contribution in [0.15, 0.2) is 30.3 Å². The van der Waals surface area contributed by atoms with Gasteiger partial charge in [0, 0.05) is 18.2 Å². The van der Waals surface area contributed by atoms with Crippen molar-refractivity contribution in [2.75, 3.05) is 7.11 Å². The van der Waals surface area contributed by atoms with Crippen LogP contribution in [-0.4, -0.2) is 22.1 Å². The number of hydrogen-bond donors (Lipinski definition) is 1. The molecular formula is C13H12N2O5. The van der Waals surface area contributed by atoms with E-state index in [1.807, 2.05) is 0 Å². The number of benzene rings is 1. The molecule has 0 bridgehead atoms. The molecule has 0 aliphatic carbocycles. The molecule has 0 spiro atoms. The first-order chi connectivity index (χ1) is 9.49. The van der Waals surface area contributed by atoms with Crippen molar-refractivity contribution in [2.45, 2.75) is 6.92 Å². The van der Waals surface area contributed by atoms with E-state index in [4.69, 9.17) is 9.47 Å². The fourth-order valence-corrected chi connectivity index (χ4v) is 1.64. The lowest BCUT2D eigenvalue weighted by molar-refractivity contribution is -0.386. The zero-order valence-electron chi connectivity index (χ0n) is 10.9. The van der Waals surface area contributed by atoms with Crippen molar-refractivity contribution in [3.05, 3.63) is 46.0 Å². The highest BCUT2D eigenvalue weighted by Crippen LogP contribution is 2.32. The molecule has 0 radical (unpaired) electrons. The molecule has 0 aliphatic heterocycles. The summed E-state index contributed by atoms with van der Waals surface area (Å²) in [5.41, 5.74) is 0.470. The zero-order valence-corrected chi connectivity index (χ0v) is 10.9. The number of pyridine rings is 1. The van der Waals surface area contributed by atoms with Crippen LogP contribution in [0.2, 0.25) is 0 Å².